The third-order valence-electron chi connectivity index (χ3n) is 3.20. The summed E-state index contributed by atoms with van der Waals surface area (Å²) in [5, 5.41) is 0. The Morgan fingerprint density at radius 2 is 2.05 bits per heavy atom. The number of benzene rings is 1. The molecule has 106 valence electrons. The summed E-state index contributed by atoms with van der Waals surface area (Å²) in [6.07, 6.45) is -3.41. The van der Waals surface area contributed by atoms with Crippen LogP contribution in [0.5, 0.6) is 5.75 Å². The first kappa shape index (κ1) is 14.1. The van der Waals surface area contributed by atoms with Gasteiger partial charge in [0.1, 0.15) is 5.75 Å². The highest BCUT2D eigenvalue weighted by atomic mass is 19.4. The lowest BCUT2D eigenvalue weighted by molar-refractivity contribution is -0.275. The van der Waals surface area contributed by atoms with Crippen molar-refractivity contribution in [1.82, 2.24) is 0 Å². The Balaban J connectivity index is 2.27. The van der Waals surface area contributed by atoms with Crippen LogP contribution in [0.15, 0.2) is 24.3 Å². The van der Waals surface area contributed by atoms with Gasteiger partial charge in [0.2, 0.25) is 0 Å². The van der Waals surface area contributed by atoms with E-state index >= 15 is 0 Å². The van der Waals surface area contributed by atoms with Gasteiger partial charge in [0.05, 0.1) is 6.10 Å². The van der Waals surface area contributed by atoms with Gasteiger partial charge in [-0.05, 0) is 25.5 Å². The number of hydrogen-bond acceptors (Lipinski definition) is 3. The fraction of sp³-hybridized carbons (Fsp3) is 0.538. The van der Waals surface area contributed by atoms with E-state index in [1.54, 1.807) is 12.1 Å². The SMILES string of the molecule is NCC1CCCOC1c1ccccc1OC(F)(F)F. The van der Waals surface area contributed by atoms with Gasteiger partial charge in [-0.2, -0.15) is 0 Å². The van der Waals surface area contributed by atoms with Gasteiger partial charge in [-0.25, -0.2) is 0 Å². The average molecular weight is 275 g/mol. The predicted octanol–water partition coefficient (Wildman–Crippen LogP) is 3.01. The zero-order valence-corrected chi connectivity index (χ0v) is 10.3. The topological polar surface area (TPSA) is 44.5 Å². The molecular formula is C13H16F3NO2. The quantitative estimate of drug-likeness (QED) is 0.922. The molecule has 1 aromatic rings. The first-order valence-electron chi connectivity index (χ1n) is 6.17. The van der Waals surface area contributed by atoms with Crippen LogP contribution in [0.25, 0.3) is 0 Å². The Labute approximate surface area is 109 Å². The van der Waals surface area contributed by atoms with Gasteiger partial charge in [0.25, 0.3) is 0 Å². The summed E-state index contributed by atoms with van der Waals surface area (Å²) in [5.74, 6) is -0.188. The van der Waals surface area contributed by atoms with Crippen molar-refractivity contribution in [3.05, 3.63) is 29.8 Å². The van der Waals surface area contributed by atoms with E-state index in [1.807, 2.05) is 0 Å². The standard InChI is InChI=1S/C13H16F3NO2/c14-13(15,16)19-11-6-2-1-5-10(11)12-9(8-17)4-3-7-18-12/h1-2,5-6,9,12H,3-4,7-8,17H2. The molecule has 1 aliphatic heterocycles. The zero-order valence-electron chi connectivity index (χ0n) is 10.3. The molecular weight excluding hydrogens is 259 g/mol. The third kappa shape index (κ3) is 3.61. The molecule has 1 fully saturated rings. The normalized spacial score (nSPS) is 24.2. The molecule has 2 unspecified atom stereocenters. The smallest absolute Gasteiger partial charge is 0.405 e. The Hall–Kier alpha value is -1.27. The van der Waals surface area contributed by atoms with Crippen molar-refractivity contribution in [3.63, 3.8) is 0 Å². The molecule has 0 aliphatic carbocycles. The number of halogens is 3. The summed E-state index contributed by atoms with van der Waals surface area (Å²) in [6, 6.07) is 6.07. The minimum atomic E-state index is -4.71. The van der Waals surface area contributed by atoms with E-state index in [-0.39, 0.29) is 11.7 Å². The van der Waals surface area contributed by atoms with Crippen molar-refractivity contribution in [2.45, 2.75) is 25.3 Å². The Morgan fingerprint density at radius 3 is 2.74 bits per heavy atom. The highest BCUT2D eigenvalue weighted by Gasteiger charge is 2.35. The molecule has 1 aliphatic rings. The second-order valence-corrected chi connectivity index (χ2v) is 4.52. The van der Waals surface area contributed by atoms with Gasteiger partial charge < -0.3 is 15.2 Å². The van der Waals surface area contributed by atoms with Crippen molar-refractivity contribution in [2.24, 2.45) is 11.7 Å². The second kappa shape index (κ2) is 5.79. The molecule has 0 bridgehead atoms. The lowest BCUT2D eigenvalue weighted by Crippen LogP contribution is -2.29. The molecule has 2 N–H and O–H groups in total. The highest BCUT2D eigenvalue weighted by Crippen LogP contribution is 2.39. The van der Waals surface area contributed by atoms with Gasteiger partial charge >= 0.3 is 6.36 Å². The molecule has 0 aromatic heterocycles. The third-order valence-corrected chi connectivity index (χ3v) is 3.20. The van der Waals surface area contributed by atoms with Gasteiger partial charge in [-0.3, -0.25) is 0 Å². The molecule has 3 nitrogen and oxygen atoms in total. The van der Waals surface area contributed by atoms with E-state index in [0.29, 0.717) is 18.7 Å². The molecule has 0 radical (unpaired) electrons. The summed E-state index contributed by atoms with van der Waals surface area (Å²) in [4.78, 5) is 0. The van der Waals surface area contributed by atoms with E-state index < -0.39 is 12.5 Å². The molecule has 6 heteroatoms. The largest absolute Gasteiger partial charge is 0.573 e. The van der Waals surface area contributed by atoms with Crippen LogP contribution in [-0.2, 0) is 4.74 Å². The van der Waals surface area contributed by atoms with E-state index in [4.69, 9.17) is 10.5 Å². The minimum absolute atomic E-state index is 0.0201. The number of nitrogens with two attached hydrogens (primary N) is 1. The van der Waals surface area contributed by atoms with E-state index in [1.165, 1.54) is 12.1 Å². The van der Waals surface area contributed by atoms with Gasteiger partial charge in [-0.1, -0.05) is 18.2 Å². The predicted molar refractivity (Wildman–Crippen MR) is 63.6 cm³/mol. The van der Waals surface area contributed by atoms with Crippen LogP contribution in [0, 0.1) is 5.92 Å². The molecule has 1 heterocycles. The van der Waals surface area contributed by atoms with Crippen LogP contribution in [0.2, 0.25) is 0 Å². The molecule has 0 spiro atoms. The number of rotatable bonds is 3. The highest BCUT2D eigenvalue weighted by molar-refractivity contribution is 5.36. The van der Waals surface area contributed by atoms with Gasteiger partial charge in [0.15, 0.2) is 0 Å². The molecule has 0 saturated carbocycles. The number of ether oxygens (including phenoxy) is 2. The number of alkyl halides is 3. The fourth-order valence-electron chi connectivity index (χ4n) is 2.36. The Kier molecular flexibility index (Phi) is 4.31. The first-order chi connectivity index (χ1) is 9.01. The maximum atomic E-state index is 12.4. The average Bonchev–Trinajstić information content (AvgIpc) is 2.37. The van der Waals surface area contributed by atoms with Crippen molar-refractivity contribution in [3.8, 4) is 5.75 Å². The van der Waals surface area contributed by atoms with Crippen LogP contribution >= 0.6 is 0 Å². The van der Waals surface area contributed by atoms with E-state index in [2.05, 4.69) is 4.74 Å². The van der Waals surface area contributed by atoms with Crippen LogP contribution in [0.4, 0.5) is 13.2 Å². The summed E-state index contributed by atoms with van der Waals surface area (Å²) >= 11 is 0. The van der Waals surface area contributed by atoms with Crippen LogP contribution in [0.1, 0.15) is 24.5 Å². The molecule has 2 rings (SSSR count). The Bertz CT molecular complexity index is 423. The summed E-state index contributed by atoms with van der Waals surface area (Å²) < 4.78 is 46.8. The summed E-state index contributed by atoms with van der Waals surface area (Å²) in [7, 11) is 0. The maximum Gasteiger partial charge on any atom is 0.573 e. The zero-order chi connectivity index (χ0) is 13.9. The van der Waals surface area contributed by atoms with Crippen LogP contribution in [0.3, 0.4) is 0 Å². The van der Waals surface area contributed by atoms with Crippen molar-refractivity contribution < 1.29 is 22.6 Å². The van der Waals surface area contributed by atoms with Crippen LogP contribution < -0.4 is 10.5 Å². The lowest BCUT2D eigenvalue weighted by Gasteiger charge is -2.32. The van der Waals surface area contributed by atoms with Crippen LogP contribution in [-0.4, -0.2) is 19.5 Å². The molecule has 0 amide bonds. The van der Waals surface area contributed by atoms with Gasteiger partial charge in [-0.15, -0.1) is 13.2 Å². The second-order valence-electron chi connectivity index (χ2n) is 4.52. The molecule has 1 aromatic carbocycles. The summed E-state index contributed by atoms with van der Waals surface area (Å²) in [5.41, 5.74) is 6.08. The Morgan fingerprint density at radius 1 is 1.32 bits per heavy atom. The minimum Gasteiger partial charge on any atom is -0.405 e. The molecule has 19 heavy (non-hydrogen) atoms. The van der Waals surface area contributed by atoms with Crippen molar-refractivity contribution in [2.75, 3.05) is 13.2 Å². The van der Waals surface area contributed by atoms with E-state index in [0.717, 1.165) is 12.8 Å². The molecule has 2 atom stereocenters. The molecule has 1 saturated heterocycles. The monoisotopic (exact) mass is 275 g/mol. The van der Waals surface area contributed by atoms with E-state index in [9.17, 15) is 13.2 Å². The van der Waals surface area contributed by atoms with Crippen molar-refractivity contribution >= 4 is 0 Å². The summed E-state index contributed by atoms with van der Waals surface area (Å²) in [6.45, 7) is 0.909. The first-order valence-corrected chi connectivity index (χ1v) is 6.17. The number of hydrogen-bond donors (Lipinski definition) is 1. The van der Waals surface area contributed by atoms with Gasteiger partial charge in [0, 0.05) is 18.1 Å². The lowest BCUT2D eigenvalue weighted by atomic mass is 9.89. The maximum absolute atomic E-state index is 12.4. The number of para-hydroxylation sites is 1. The fourth-order valence-corrected chi connectivity index (χ4v) is 2.36. The van der Waals surface area contributed by atoms with Crippen molar-refractivity contribution in [1.29, 1.82) is 0 Å².